The fourth-order valence-corrected chi connectivity index (χ4v) is 1.71. The second-order valence-corrected chi connectivity index (χ2v) is 4.35. The van der Waals surface area contributed by atoms with Gasteiger partial charge in [-0.1, -0.05) is 12.1 Å². The Labute approximate surface area is 120 Å². The Balaban J connectivity index is 1.86. The van der Waals surface area contributed by atoms with Gasteiger partial charge in [0.1, 0.15) is 5.82 Å². The molecule has 4 N–H and O–H groups in total. The van der Waals surface area contributed by atoms with Gasteiger partial charge in [0.05, 0.1) is 5.56 Å². The Kier molecular flexibility index (Phi) is 4.45. The number of anilines is 1. The standard InChI is InChI=1S/C14H14N4O3/c15-13(19)11-5-6-12(18-17-11)16-8-7-9-1-3-10(4-2-9)14(20)21/h1-6H,7-8H2,(H2,15,19)(H,16,18)(H,20,21). The lowest BCUT2D eigenvalue weighted by atomic mass is 10.1. The van der Waals surface area contributed by atoms with Crippen LogP contribution in [0.2, 0.25) is 0 Å². The molecule has 0 aliphatic rings. The normalized spacial score (nSPS) is 10.1. The van der Waals surface area contributed by atoms with E-state index in [-0.39, 0.29) is 11.3 Å². The molecule has 0 saturated carbocycles. The highest BCUT2D eigenvalue weighted by Crippen LogP contribution is 2.06. The highest BCUT2D eigenvalue weighted by molar-refractivity contribution is 5.90. The third-order valence-electron chi connectivity index (χ3n) is 2.84. The van der Waals surface area contributed by atoms with Gasteiger partial charge in [0.2, 0.25) is 0 Å². The summed E-state index contributed by atoms with van der Waals surface area (Å²) in [5, 5.41) is 19.4. The van der Waals surface area contributed by atoms with Crippen LogP contribution in [-0.4, -0.2) is 33.7 Å². The first-order valence-electron chi connectivity index (χ1n) is 6.26. The average Bonchev–Trinajstić information content (AvgIpc) is 2.48. The topological polar surface area (TPSA) is 118 Å². The van der Waals surface area contributed by atoms with E-state index in [1.807, 2.05) is 0 Å². The Hall–Kier alpha value is -2.96. The lowest BCUT2D eigenvalue weighted by molar-refractivity contribution is 0.0696. The third-order valence-corrected chi connectivity index (χ3v) is 2.84. The SMILES string of the molecule is NC(=O)c1ccc(NCCc2ccc(C(=O)O)cc2)nn1. The van der Waals surface area contributed by atoms with Crippen LogP contribution in [0.15, 0.2) is 36.4 Å². The molecule has 0 spiro atoms. The van der Waals surface area contributed by atoms with Gasteiger partial charge in [-0.3, -0.25) is 4.79 Å². The Bertz CT molecular complexity index is 581. The van der Waals surface area contributed by atoms with Crippen molar-refractivity contribution in [1.82, 2.24) is 10.2 Å². The number of benzene rings is 1. The van der Waals surface area contributed by atoms with E-state index < -0.39 is 11.9 Å². The van der Waals surface area contributed by atoms with Gasteiger partial charge >= 0.3 is 5.97 Å². The number of carbonyl (C=O) groups is 2. The Morgan fingerprint density at radius 2 is 1.81 bits per heavy atom. The molecule has 0 fully saturated rings. The van der Waals surface area contributed by atoms with E-state index in [4.69, 9.17) is 10.8 Å². The second-order valence-electron chi connectivity index (χ2n) is 4.35. The van der Waals surface area contributed by atoms with Crippen LogP contribution in [0.5, 0.6) is 0 Å². The van der Waals surface area contributed by atoms with Crippen LogP contribution in [-0.2, 0) is 6.42 Å². The fraction of sp³-hybridized carbons (Fsp3) is 0.143. The van der Waals surface area contributed by atoms with Crippen molar-refractivity contribution in [1.29, 1.82) is 0 Å². The molecule has 1 amide bonds. The quantitative estimate of drug-likeness (QED) is 0.727. The van der Waals surface area contributed by atoms with Crippen molar-refractivity contribution in [2.24, 2.45) is 5.73 Å². The largest absolute Gasteiger partial charge is 0.478 e. The molecular weight excluding hydrogens is 272 g/mol. The minimum absolute atomic E-state index is 0.116. The summed E-state index contributed by atoms with van der Waals surface area (Å²) < 4.78 is 0. The molecule has 0 aliphatic heterocycles. The van der Waals surface area contributed by atoms with E-state index in [1.165, 1.54) is 6.07 Å². The van der Waals surface area contributed by atoms with Gasteiger partial charge in [0.25, 0.3) is 5.91 Å². The highest BCUT2D eigenvalue weighted by atomic mass is 16.4. The van der Waals surface area contributed by atoms with Gasteiger partial charge in [-0.15, -0.1) is 10.2 Å². The summed E-state index contributed by atoms with van der Waals surface area (Å²) in [5.41, 5.74) is 6.46. The minimum Gasteiger partial charge on any atom is -0.478 e. The Morgan fingerprint density at radius 1 is 1.10 bits per heavy atom. The molecule has 21 heavy (non-hydrogen) atoms. The maximum absolute atomic E-state index is 10.8. The number of aromatic carboxylic acids is 1. The number of carboxylic acids is 1. The molecule has 1 aromatic carbocycles. The molecule has 1 aromatic heterocycles. The molecule has 0 atom stereocenters. The van der Waals surface area contributed by atoms with Crippen LogP contribution >= 0.6 is 0 Å². The number of hydrogen-bond donors (Lipinski definition) is 3. The predicted molar refractivity (Wildman–Crippen MR) is 76.1 cm³/mol. The second kappa shape index (κ2) is 6.47. The minimum atomic E-state index is -0.940. The van der Waals surface area contributed by atoms with Crippen LogP contribution in [0.3, 0.4) is 0 Å². The van der Waals surface area contributed by atoms with Crippen molar-refractivity contribution in [3.8, 4) is 0 Å². The lowest BCUT2D eigenvalue weighted by Gasteiger charge is -2.05. The summed E-state index contributed by atoms with van der Waals surface area (Å²) >= 11 is 0. The molecular formula is C14H14N4O3. The summed E-state index contributed by atoms with van der Waals surface area (Å²) in [6, 6.07) is 9.80. The summed E-state index contributed by atoms with van der Waals surface area (Å²) in [4.78, 5) is 21.6. The molecule has 0 bridgehead atoms. The van der Waals surface area contributed by atoms with Crippen LogP contribution in [0.4, 0.5) is 5.82 Å². The zero-order valence-electron chi connectivity index (χ0n) is 11.1. The summed E-state index contributed by atoms with van der Waals surface area (Å²) in [5.74, 6) is -1.01. The monoisotopic (exact) mass is 286 g/mol. The van der Waals surface area contributed by atoms with E-state index in [0.29, 0.717) is 18.8 Å². The number of rotatable bonds is 6. The van der Waals surface area contributed by atoms with E-state index >= 15 is 0 Å². The number of nitrogens with two attached hydrogens (primary N) is 1. The maximum Gasteiger partial charge on any atom is 0.335 e. The zero-order valence-corrected chi connectivity index (χ0v) is 11.1. The van der Waals surface area contributed by atoms with Gasteiger partial charge < -0.3 is 16.2 Å². The number of aromatic nitrogens is 2. The van der Waals surface area contributed by atoms with Gasteiger partial charge in [-0.05, 0) is 36.2 Å². The zero-order chi connectivity index (χ0) is 15.2. The van der Waals surface area contributed by atoms with Crippen molar-refractivity contribution < 1.29 is 14.7 Å². The van der Waals surface area contributed by atoms with Gasteiger partial charge in [-0.25, -0.2) is 4.79 Å². The van der Waals surface area contributed by atoms with E-state index in [1.54, 1.807) is 30.3 Å². The summed E-state index contributed by atoms with van der Waals surface area (Å²) in [6.07, 6.45) is 0.707. The first kappa shape index (κ1) is 14.4. The highest BCUT2D eigenvalue weighted by Gasteiger charge is 2.03. The van der Waals surface area contributed by atoms with Gasteiger partial charge in [-0.2, -0.15) is 0 Å². The number of carboxylic acid groups (broad SMARTS) is 1. The maximum atomic E-state index is 10.8. The lowest BCUT2D eigenvalue weighted by Crippen LogP contribution is -2.14. The molecule has 2 aromatic rings. The summed E-state index contributed by atoms with van der Waals surface area (Å²) in [7, 11) is 0. The van der Waals surface area contributed by atoms with Crippen molar-refractivity contribution in [3.63, 3.8) is 0 Å². The van der Waals surface area contributed by atoms with Crippen LogP contribution in [0.1, 0.15) is 26.4 Å². The molecule has 0 saturated heterocycles. The van der Waals surface area contributed by atoms with Crippen LogP contribution in [0.25, 0.3) is 0 Å². The van der Waals surface area contributed by atoms with Crippen molar-refractivity contribution in [2.75, 3.05) is 11.9 Å². The molecule has 0 radical (unpaired) electrons. The summed E-state index contributed by atoms with van der Waals surface area (Å²) in [6.45, 7) is 0.608. The molecule has 1 heterocycles. The van der Waals surface area contributed by atoms with E-state index in [2.05, 4.69) is 15.5 Å². The predicted octanol–water partition coefficient (Wildman–Crippen LogP) is 0.928. The number of nitrogens with one attached hydrogen (secondary N) is 1. The fourth-order valence-electron chi connectivity index (χ4n) is 1.71. The number of nitrogens with zero attached hydrogens (tertiary/aromatic N) is 2. The molecule has 7 heteroatoms. The number of primary amides is 1. The number of hydrogen-bond acceptors (Lipinski definition) is 5. The van der Waals surface area contributed by atoms with Gasteiger partial charge in [0.15, 0.2) is 5.69 Å². The van der Waals surface area contributed by atoms with Crippen molar-refractivity contribution in [3.05, 3.63) is 53.2 Å². The van der Waals surface area contributed by atoms with E-state index in [9.17, 15) is 9.59 Å². The average molecular weight is 286 g/mol. The van der Waals surface area contributed by atoms with Crippen molar-refractivity contribution in [2.45, 2.75) is 6.42 Å². The molecule has 0 unspecified atom stereocenters. The molecule has 2 rings (SSSR count). The number of amides is 1. The molecule has 0 aliphatic carbocycles. The number of carbonyl (C=O) groups excluding carboxylic acids is 1. The first-order chi connectivity index (χ1) is 10.1. The van der Waals surface area contributed by atoms with Gasteiger partial charge in [0, 0.05) is 6.54 Å². The molecule has 108 valence electrons. The van der Waals surface area contributed by atoms with Crippen LogP contribution < -0.4 is 11.1 Å². The first-order valence-corrected chi connectivity index (χ1v) is 6.26. The van der Waals surface area contributed by atoms with Crippen molar-refractivity contribution >= 4 is 17.7 Å². The molecule has 7 nitrogen and oxygen atoms in total. The Morgan fingerprint density at radius 3 is 2.33 bits per heavy atom. The van der Waals surface area contributed by atoms with Crippen LogP contribution in [0, 0.1) is 0 Å². The smallest absolute Gasteiger partial charge is 0.335 e. The third kappa shape index (κ3) is 4.00. The van der Waals surface area contributed by atoms with E-state index in [0.717, 1.165) is 5.56 Å².